The molecule has 0 fully saturated rings. The van der Waals surface area contributed by atoms with Gasteiger partial charge in [0.05, 0.1) is 12.4 Å². The summed E-state index contributed by atoms with van der Waals surface area (Å²) in [6.07, 6.45) is 0. The number of nitrogens with zero attached hydrogens (tertiary/aromatic N) is 2. The minimum atomic E-state index is -0.390. The number of ether oxygens (including phenoxy) is 1. The first kappa shape index (κ1) is 18.9. The van der Waals surface area contributed by atoms with Gasteiger partial charge in [-0.3, -0.25) is 4.79 Å². The molecule has 0 atom stereocenters. The summed E-state index contributed by atoms with van der Waals surface area (Å²) in [5, 5.41) is 11.4. The molecule has 27 heavy (non-hydrogen) atoms. The molecule has 0 bridgehead atoms. The largest absolute Gasteiger partial charge is 0.494 e. The molecule has 8 heteroatoms. The molecule has 1 aromatic heterocycles. The number of anilines is 1. The van der Waals surface area contributed by atoms with Gasteiger partial charge in [0.2, 0.25) is 5.91 Å². The third-order valence-corrected chi connectivity index (χ3v) is 4.58. The predicted molar refractivity (Wildman–Crippen MR) is 103 cm³/mol. The second-order valence-corrected chi connectivity index (χ2v) is 6.70. The summed E-state index contributed by atoms with van der Waals surface area (Å²) in [5.41, 5.74) is 2.14. The number of H-pyrrole nitrogens is 1. The minimum Gasteiger partial charge on any atom is -0.494 e. The molecule has 0 aliphatic carbocycles. The first-order valence-corrected chi connectivity index (χ1v) is 9.38. The third-order valence-electron chi connectivity index (χ3n) is 3.72. The maximum absolute atomic E-state index is 13.3. The summed E-state index contributed by atoms with van der Waals surface area (Å²) in [7, 11) is 0. The van der Waals surface area contributed by atoms with E-state index in [9.17, 15) is 9.18 Å². The molecule has 3 rings (SSSR count). The Labute approximate surface area is 160 Å². The Morgan fingerprint density at radius 1 is 1.22 bits per heavy atom. The quantitative estimate of drug-likeness (QED) is 0.599. The van der Waals surface area contributed by atoms with Gasteiger partial charge in [0.25, 0.3) is 0 Å². The van der Waals surface area contributed by atoms with Crippen LogP contribution in [0.4, 0.5) is 10.1 Å². The van der Waals surface area contributed by atoms with Gasteiger partial charge < -0.3 is 15.0 Å². The molecular weight excluding hydrogens is 367 g/mol. The van der Waals surface area contributed by atoms with Crippen LogP contribution in [0.1, 0.15) is 12.5 Å². The number of amides is 1. The highest BCUT2D eigenvalue weighted by Crippen LogP contribution is 2.22. The number of thioether (sulfide) groups is 1. The highest BCUT2D eigenvalue weighted by molar-refractivity contribution is 7.99. The lowest BCUT2D eigenvalue weighted by molar-refractivity contribution is -0.113. The number of aromatic amines is 1. The maximum atomic E-state index is 13.3. The highest BCUT2D eigenvalue weighted by atomic mass is 32.2. The van der Waals surface area contributed by atoms with Crippen molar-refractivity contribution in [2.75, 3.05) is 17.7 Å². The topological polar surface area (TPSA) is 79.9 Å². The number of benzene rings is 2. The normalized spacial score (nSPS) is 10.6. The van der Waals surface area contributed by atoms with E-state index in [1.165, 1.54) is 23.9 Å². The number of aromatic nitrogens is 3. The number of hydrogen-bond donors (Lipinski definition) is 2. The van der Waals surface area contributed by atoms with Crippen LogP contribution in [0, 0.1) is 12.7 Å². The van der Waals surface area contributed by atoms with Gasteiger partial charge in [-0.2, -0.15) is 0 Å². The molecule has 0 radical (unpaired) electrons. The van der Waals surface area contributed by atoms with E-state index in [4.69, 9.17) is 4.74 Å². The molecule has 1 amide bonds. The molecule has 0 saturated carbocycles. The second-order valence-electron chi connectivity index (χ2n) is 5.73. The second kappa shape index (κ2) is 8.68. The lowest BCUT2D eigenvalue weighted by Gasteiger charge is -2.07. The molecule has 140 valence electrons. The van der Waals surface area contributed by atoms with Gasteiger partial charge in [-0.1, -0.05) is 17.8 Å². The number of carbonyl (C=O) groups is 1. The van der Waals surface area contributed by atoms with E-state index in [0.717, 1.165) is 16.9 Å². The predicted octanol–water partition coefficient (Wildman–Crippen LogP) is 4.05. The van der Waals surface area contributed by atoms with Gasteiger partial charge in [-0.25, -0.2) is 4.39 Å². The lowest BCUT2D eigenvalue weighted by Crippen LogP contribution is -2.15. The molecule has 0 saturated heterocycles. The Balaban J connectivity index is 1.57. The summed E-state index contributed by atoms with van der Waals surface area (Å²) >= 11 is 1.22. The van der Waals surface area contributed by atoms with E-state index >= 15 is 0 Å². The molecule has 1 heterocycles. The summed E-state index contributed by atoms with van der Waals surface area (Å²) in [6, 6.07) is 11.8. The molecule has 0 unspecified atom stereocenters. The van der Waals surface area contributed by atoms with Crippen LogP contribution in [0.2, 0.25) is 0 Å². The molecule has 2 N–H and O–H groups in total. The number of carbonyl (C=O) groups excluding carboxylic acids is 1. The smallest absolute Gasteiger partial charge is 0.234 e. The number of hydrogen-bond acceptors (Lipinski definition) is 5. The lowest BCUT2D eigenvalue weighted by atomic mass is 10.2. The van der Waals surface area contributed by atoms with Crippen molar-refractivity contribution in [3.05, 3.63) is 53.8 Å². The number of halogens is 1. The van der Waals surface area contributed by atoms with E-state index in [2.05, 4.69) is 20.5 Å². The Morgan fingerprint density at radius 3 is 2.74 bits per heavy atom. The fraction of sp³-hybridized carbons (Fsp3) is 0.211. The van der Waals surface area contributed by atoms with E-state index in [1.54, 1.807) is 6.07 Å². The van der Waals surface area contributed by atoms with E-state index < -0.39 is 5.82 Å². The molecule has 0 aliphatic heterocycles. The Morgan fingerprint density at radius 2 is 2.00 bits per heavy atom. The van der Waals surface area contributed by atoms with Gasteiger partial charge in [-0.15, -0.1) is 10.2 Å². The van der Waals surface area contributed by atoms with Crippen LogP contribution in [0.15, 0.2) is 47.6 Å². The fourth-order valence-corrected chi connectivity index (χ4v) is 2.97. The van der Waals surface area contributed by atoms with E-state index in [0.29, 0.717) is 23.3 Å². The van der Waals surface area contributed by atoms with Crippen LogP contribution >= 0.6 is 11.8 Å². The van der Waals surface area contributed by atoms with Crippen molar-refractivity contribution < 1.29 is 13.9 Å². The zero-order valence-corrected chi connectivity index (χ0v) is 15.8. The van der Waals surface area contributed by atoms with E-state index in [-0.39, 0.29) is 11.7 Å². The van der Waals surface area contributed by atoms with Crippen LogP contribution in [0.5, 0.6) is 5.75 Å². The highest BCUT2D eigenvalue weighted by Gasteiger charge is 2.10. The zero-order chi connectivity index (χ0) is 19.2. The number of rotatable bonds is 7. The standard InChI is InChI=1S/C19H19FN4O2S/c1-3-26-15-8-5-13(6-9-15)18-22-19(24-23-18)27-11-17(25)21-16-10-14(20)7-4-12(16)2/h4-10H,3,11H2,1-2H3,(H,21,25)(H,22,23,24). The SMILES string of the molecule is CCOc1ccc(-c2nnc(SCC(=O)Nc3cc(F)ccc3C)[nH]2)cc1. The number of aryl methyl sites for hydroxylation is 1. The van der Waals surface area contributed by atoms with Crippen LogP contribution in [-0.4, -0.2) is 33.4 Å². The maximum Gasteiger partial charge on any atom is 0.234 e. The molecular formula is C19H19FN4O2S. The Kier molecular flexibility index (Phi) is 6.08. The van der Waals surface area contributed by atoms with Crippen molar-refractivity contribution in [3.63, 3.8) is 0 Å². The van der Waals surface area contributed by atoms with Crippen molar-refractivity contribution in [2.24, 2.45) is 0 Å². The molecule has 2 aromatic carbocycles. The van der Waals surface area contributed by atoms with E-state index in [1.807, 2.05) is 38.1 Å². The van der Waals surface area contributed by atoms with Gasteiger partial charge in [0.15, 0.2) is 11.0 Å². The van der Waals surface area contributed by atoms with Gasteiger partial charge in [-0.05, 0) is 55.8 Å². The monoisotopic (exact) mass is 386 g/mol. The van der Waals surface area contributed by atoms with Crippen molar-refractivity contribution in [1.82, 2.24) is 15.2 Å². The van der Waals surface area contributed by atoms with Crippen LogP contribution < -0.4 is 10.1 Å². The Hall–Kier alpha value is -2.87. The molecule has 0 aliphatic rings. The van der Waals surface area contributed by atoms with Gasteiger partial charge in [0, 0.05) is 11.3 Å². The third kappa shape index (κ3) is 5.07. The van der Waals surface area contributed by atoms with Crippen LogP contribution in [-0.2, 0) is 4.79 Å². The first-order chi connectivity index (χ1) is 13.0. The van der Waals surface area contributed by atoms with Gasteiger partial charge in [0.1, 0.15) is 11.6 Å². The molecule has 6 nitrogen and oxygen atoms in total. The summed E-state index contributed by atoms with van der Waals surface area (Å²) in [4.78, 5) is 15.2. The number of nitrogens with one attached hydrogen (secondary N) is 2. The fourth-order valence-electron chi connectivity index (χ4n) is 2.37. The molecule has 3 aromatic rings. The van der Waals surface area contributed by atoms with Crippen molar-refractivity contribution in [2.45, 2.75) is 19.0 Å². The minimum absolute atomic E-state index is 0.133. The van der Waals surface area contributed by atoms with Crippen molar-refractivity contribution >= 4 is 23.4 Å². The first-order valence-electron chi connectivity index (χ1n) is 8.40. The van der Waals surface area contributed by atoms with Crippen LogP contribution in [0.25, 0.3) is 11.4 Å². The van der Waals surface area contributed by atoms with Crippen LogP contribution in [0.3, 0.4) is 0 Å². The summed E-state index contributed by atoms with van der Waals surface area (Å²) in [6.45, 7) is 4.35. The van der Waals surface area contributed by atoms with Crippen molar-refractivity contribution in [3.8, 4) is 17.1 Å². The summed E-state index contributed by atoms with van der Waals surface area (Å²) in [5.74, 6) is 0.904. The van der Waals surface area contributed by atoms with Crippen molar-refractivity contribution in [1.29, 1.82) is 0 Å². The Bertz CT molecular complexity index is 928. The molecule has 0 spiro atoms. The average molecular weight is 386 g/mol. The average Bonchev–Trinajstić information content (AvgIpc) is 3.13. The zero-order valence-electron chi connectivity index (χ0n) is 15.0. The van der Waals surface area contributed by atoms with Gasteiger partial charge >= 0.3 is 0 Å². The summed E-state index contributed by atoms with van der Waals surface area (Å²) < 4.78 is 18.7.